The van der Waals surface area contributed by atoms with Gasteiger partial charge in [0.2, 0.25) is 5.91 Å². The zero-order valence-electron chi connectivity index (χ0n) is 17.6. The van der Waals surface area contributed by atoms with Crippen LogP contribution in [0.5, 0.6) is 5.75 Å². The molecule has 1 aliphatic carbocycles. The summed E-state index contributed by atoms with van der Waals surface area (Å²) in [7, 11) is 1.67. The van der Waals surface area contributed by atoms with E-state index in [1.807, 2.05) is 35.2 Å². The Balaban J connectivity index is 1.60. The summed E-state index contributed by atoms with van der Waals surface area (Å²) in [6.07, 6.45) is 3.51. The molecule has 1 aliphatic rings. The molecule has 3 aromatic rings. The van der Waals surface area contributed by atoms with Crippen LogP contribution in [0.4, 0.5) is 0 Å². The number of thioether (sulfide) groups is 1. The molecule has 0 bridgehead atoms. The van der Waals surface area contributed by atoms with E-state index in [1.54, 1.807) is 7.11 Å². The summed E-state index contributed by atoms with van der Waals surface area (Å²) in [5.74, 6) is 2.12. The molecular formula is C25H28N2O2S. The highest BCUT2D eigenvalue weighted by molar-refractivity contribution is 7.99. The van der Waals surface area contributed by atoms with Gasteiger partial charge in [-0.2, -0.15) is 0 Å². The summed E-state index contributed by atoms with van der Waals surface area (Å²) in [4.78, 5) is 19.7. The van der Waals surface area contributed by atoms with E-state index >= 15 is 0 Å². The summed E-state index contributed by atoms with van der Waals surface area (Å²) in [6, 6.07) is 18.4. The summed E-state index contributed by atoms with van der Waals surface area (Å²) in [5, 5.41) is 1.95. The molecule has 1 heterocycles. The van der Waals surface area contributed by atoms with E-state index in [1.165, 1.54) is 24.6 Å². The van der Waals surface area contributed by atoms with Crippen molar-refractivity contribution in [2.75, 3.05) is 26.0 Å². The number of nitrogens with zero attached hydrogens (tertiary/aromatic N) is 2. The molecule has 0 spiro atoms. The molecule has 0 aliphatic heterocycles. The minimum Gasteiger partial charge on any atom is -0.497 e. The zero-order valence-corrected chi connectivity index (χ0v) is 18.5. The summed E-state index contributed by atoms with van der Waals surface area (Å²) >= 11 is 1.52. The maximum Gasteiger partial charge on any atom is 0.232 e. The molecule has 30 heavy (non-hydrogen) atoms. The molecule has 1 fully saturated rings. The van der Waals surface area contributed by atoms with Crippen LogP contribution in [-0.2, 0) is 4.79 Å². The second-order valence-electron chi connectivity index (χ2n) is 7.83. The van der Waals surface area contributed by atoms with Crippen molar-refractivity contribution >= 4 is 28.6 Å². The minimum atomic E-state index is 0.211. The fourth-order valence-electron chi connectivity index (χ4n) is 3.67. The van der Waals surface area contributed by atoms with E-state index in [4.69, 9.17) is 9.72 Å². The SMILES string of the molecule is CCCN(CC1CC1)C(=O)CSc1cc(-c2ccccc2)c2ccc(OC)cc2n1. The smallest absolute Gasteiger partial charge is 0.232 e. The number of hydrogen-bond donors (Lipinski definition) is 0. The Morgan fingerprint density at radius 2 is 1.97 bits per heavy atom. The van der Waals surface area contributed by atoms with Gasteiger partial charge >= 0.3 is 0 Å². The van der Waals surface area contributed by atoms with Crippen LogP contribution in [0.2, 0.25) is 0 Å². The van der Waals surface area contributed by atoms with Crippen molar-refractivity contribution in [2.45, 2.75) is 31.2 Å². The molecule has 0 N–H and O–H groups in total. The largest absolute Gasteiger partial charge is 0.497 e. The molecule has 1 saturated carbocycles. The predicted molar refractivity (Wildman–Crippen MR) is 124 cm³/mol. The number of amides is 1. The number of hydrogen-bond acceptors (Lipinski definition) is 4. The first-order valence-corrected chi connectivity index (χ1v) is 11.6. The fraction of sp³-hybridized carbons (Fsp3) is 0.360. The molecule has 1 aromatic heterocycles. The monoisotopic (exact) mass is 420 g/mol. The van der Waals surface area contributed by atoms with Gasteiger partial charge in [0, 0.05) is 24.5 Å². The Labute approximate surface area is 182 Å². The summed E-state index contributed by atoms with van der Waals surface area (Å²) in [6.45, 7) is 3.88. The Morgan fingerprint density at radius 3 is 2.67 bits per heavy atom. The van der Waals surface area contributed by atoms with Gasteiger partial charge < -0.3 is 9.64 Å². The topological polar surface area (TPSA) is 42.4 Å². The number of methoxy groups -OCH3 is 1. The third kappa shape index (κ3) is 4.96. The molecule has 5 heteroatoms. The van der Waals surface area contributed by atoms with Crippen molar-refractivity contribution in [3.63, 3.8) is 0 Å². The lowest BCUT2D eigenvalue weighted by atomic mass is 10.0. The molecule has 4 rings (SSSR count). The van der Waals surface area contributed by atoms with Gasteiger partial charge in [-0.05, 0) is 54.5 Å². The molecule has 0 saturated heterocycles. The first-order chi connectivity index (χ1) is 14.7. The van der Waals surface area contributed by atoms with E-state index in [2.05, 4.69) is 31.2 Å². The van der Waals surface area contributed by atoms with E-state index < -0.39 is 0 Å². The van der Waals surface area contributed by atoms with Gasteiger partial charge in [0.25, 0.3) is 0 Å². The molecule has 2 aromatic carbocycles. The Kier molecular flexibility index (Phi) is 6.58. The van der Waals surface area contributed by atoms with Gasteiger partial charge in [-0.3, -0.25) is 4.79 Å². The van der Waals surface area contributed by atoms with Crippen molar-refractivity contribution in [3.05, 3.63) is 54.6 Å². The number of aromatic nitrogens is 1. The first-order valence-electron chi connectivity index (χ1n) is 10.6. The van der Waals surface area contributed by atoms with Crippen LogP contribution < -0.4 is 4.74 Å². The Bertz CT molecular complexity index is 1020. The van der Waals surface area contributed by atoms with Crippen LogP contribution in [-0.4, -0.2) is 41.7 Å². The van der Waals surface area contributed by atoms with E-state index in [-0.39, 0.29) is 5.91 Å². The highest BCUT2D eigenvalue weighted by atomic mass is 32.2. The number of carbonyl (C=O) groups excluding carboxylic acids is 1. The quantitative estimate of drug-likeness (QED) is 0.420. The third-order valence-electron chi connectivity index (χ3n) is 5.44. The van der Waals surface area contributed by atoms with Gasteiger partial charge in [-0.25, -0.2) is 4.98 Å². The summed E-state index contributed by atoms with van der Waals surface area (Å²) < 4.78 is 5.40. The van der Waals surface area contributed by atoms with Crippen molar-refractivity contribution < 1.29 is 9.53 Å². The lowest BCUT2D eigenvalue weighted by Gasteiger charge is -2.22. The highest BCUT2D eigenvalue weighted by Gasteiger charge is 2.26. The average Bonchev–Trinajstić information content (AvgIpc) is 3.61. The fourth-order valence-corrected chi connectivity index (χ4v) is 4.49. The molecule has 0 atom stereocenters. The average molecular weight is 421 g/mol. The third-order valence-corrected chi connectivity index (χ3v) is 6.34. The second kappa shape index (κ2) is 9.52. The van der Waals surface area contributed by atoms with Crippen LogP contribution in [0.1, 0.15) is 26.2 Å². The minimum absolute atomic E-state index is 0.211. The summed E-state index contributed by atoms with van der Waals surface area (Å²) in [5.41, 5.74) is 3.15. The maximum atomic E-state index is 12.8. The van der Waals surface area contributed by atoms with Gasteiger partial charge in [-0.15, -0.1) is 0 Å². The van der Waals surface area contributed by atoms with E-state index in [9.17, 15) is 4.79 Å². The Hall–Kier alpha value is -2.53. The van der Waals surface area contributed by atoms with Crippen LogP contribution in [0.15, 0.2) is 59.6 Å². The molecule has 1 amide bonds. The lowest BCUT2D eigenvalue weighted by molar-refractivity contribution is -0.128. The van der Waals surface area contributed by atoms with Crippen molar-refractivity contribution in [1.29, 1.82) is 0 Å². The molecule has 0 radical (unpaired) electrons. The van der Waals surface area contributed by atoms with Gasteiger partial charge in [0.15, 0.2) is 0 Å². The maximum absolute atomic E-state index is 12.8. The molecule has 0 unspecified atom stereocenters. The van der Waals surface area contributed by atoms with Crippen molar-refractivity contribution in [1.82, 2.24) is 9.88 Å². The number of rotatable bonds is 9. The first kappa shape index (κ1) is 20.7. The van der Waals surface area contributed by atoms with Crippen molar-refractivity contribution in [2.24, 2.45) is 5.92 Å². The molecular weight excluding hydrogens is 392 g/mol. The zero-order chi connectivity index (χ0) is 20.9. The van der Waals surface area contributed by atoms with Gasteiger partial charge in [0.05, 0.1) is 23.4 Å². The Morgan fingerprint density at radius 1 is 1.17 bits per heavy atom. The normalized spacial score (nSPS) is 13.4. The number of fused-ring (bicyclic) bond motifs is 1. The molecule has 156 valence electrons. The standard InChI is InChI=1S/C25H28N2O2S/c1-3-13-27(16-18-9-10-18)25(28)17-30-24-15-22(19-7-5-4-6-8-19)21-12-11-20(29-2)14-23(21)26-24/h4-8,11-12,14-15,18H,3,9-10,13,16-17H2,1-2H3. The van der Waals surface area contributed by atoms with Crippen LogP contribution in [0, 0.1) is 5.92 Å². The van der Waals surface area contributed by atoms with Crippen LogP contribution >= 0.6 is 11.8 Å². The number of pyridine rings is 1. The highest BCUT2D eigenvalue weighted by Crippen LogP contribution is 2.34. The van der Waals surface area contributed by atoms with E-state index in [0.717, 1.165) is 52.3 Å². The lowest BCUT2D eigenvalue weighted by Crippen LogP contribution is -2.34. The van der Waals surface area contributed by atoms with Crippen LogP contribution in [0.3, 0.4) is 0 Å². The number of benzene rings is 2. The van der Waals surface area contributed by atoms with Crippen LogP contribution in [0.25, 0.3) is 22.0 Å². The number of ether oxygens (including phenoxy) is 1. The van der Waals surface area contributed by atoms with E-state index in [0.29, 0.717) is 11.7 Å². The predicted octanol–water partition coefficient (Wildman–Crippen LogP) is 5.65. The van der Waals surface area contributed by atoms with Gasteiger partial charge in [0.1, 0.15) is 5.75 Å². The second-order valence-corrected chi connectivity index (χ2v) is 8.82. The number of carbonyl (C=O) groups is 1. The van der Waals surface area contributed by atoms with Gasteiger partial charge in [-0.1, -0.05) is 49.0 Å². The molecule has 4 nitrogen and oxygen atoms in total. The van der Waals surface area contributed by atoms with Crippen molar-refractivity contribution in [3.8, 4) is 16.9 Å².